The number of nitrogens with zero attached hydrogens (tertiary/aromatic N) is 1. The van der Waals surface area contributed by atoms with Crippen molar-refractivity contribution in [1.29, 1.82) is 0 Å². The van der Waals surface area contributed by atoms with Crippen molar-refractivity contribution in [3.63, 3.8) is 0 Å². The van der Waals surface area contributed by atoms with Gasteiger partial charge in [-0.1, -0.05) is 47.3 Å². The molecule has 0 unspecified atom stereocenters. The van der Waals surface area contributed by atoms with Crippen molar-refractivity contribution in [3.8, 4) is 0 Å². The van der Waals surface area contributed by atoms with Crippen LogP contribution in [0.25, 0.3) is 13.2 Å². The molecule has 0 aliphatic heterocycles. The standard InChI is InChI=1S/C12H19N.C2H6/c1-6-8-12-10(4)13(5)9(3)11(12)7-2;1-2/h3-4,6-8H2,1-2,5H3;1-2H3. The zero-order valence-corrected chi connectivity index (χ0v) is 11.0. The SMILES string of the molecule is C=c1c(CC)c(CCC)c(=C)n1C.CC. The van der Waals surface area contributed by atoms with Crippen LogP contribution in [0.3, 0.4) is 0 Å². The lowest BCUT2D eigenvalue weighted by Crippen LogP contribution is -2.22. The molecular weight excluding hydrogens is 182 g/mol. The summed E-state index contributed by atoms with van der Waals surface area (Å²) in [5, 5.41) is 2.28. The van der Waals surface area contributed by atoms with Crippen molar-refractivity contribution < 1.29 is 0 Å². The summed E-state index contributed by atoms with van der Waals surface area (Å²) in [5.74, 6) is 0. The smallest absolute Gasteiger partial charge is 0.0371 e. The number of hydrogen-bond donors (Lipinski definition) is 0. The Labute approximate surface area is 94.1 Å². The Morgan fingerprint density at radius 2 is 1.47 bits per heavy atom. The van der Waals surface area contributed by atoms with E-state index in [4.69, 9.17) is 0 Å². The maximum atomic E-state index is 4.09. The molecule has 0 atom stereocenters. The van der Waals surface area contributed by atoms with E-state index in [9.17, 15) is 0 Å². The van der Waals surface area contributed by atoms with Crippen LogP contribution in [0.2, 0.25) is 0 Å². The Bertz CT molecular complexity index is 384. The van der Waals surface area contributed by atoms with E-state index in [1.165, 1.54) is 17.5 Å². The van der Waals surface area contributed by atoms with E-state index < -0.39 is 0 Å². The average molecular weight is 207 g/mol. The van der Waals surface area contributed by atoms with Gasteiger partial charge < -0.3 is 4.57 Å². The van der Waals surface area contributed by atoms with Gasteiger partial charge in [0.05, 0.1) is 0 Å². The van der Waals surface area contributed by atoms with Crippen molar-refractivity contribution >= 4 is 13.2 Å². The Hall–Kier alpha value is -0.980. The zero-order chi connectivity index (χ0) is 12.0. The molecule has 0 radical (unpaired) electrons. The quantitative estimate of drug-likeness (QED) is 0.717. The summed E-state index contributed by atoms with van der Waals surface area (Å²) >= 11 is 0. The molecule has 15 heavy (non-hydrogen) atoms. The van der Waals surface area contributed by atoms with Crippen LogP contribution in [-0.2, 0) is 19.9 Å². The minimum atomic E-state index is 1.07. The van der Waals surface area contributed by atoms with Gasteiger partial charge in [0.2, 0.25) is 0 Å². The van der Waals surface area contributed by atoms with E-state index in [0.717, 1.165) is 23.5 Å². The lowest BCUT2D eigenvalue weighted by atomic mass is 10.1. The Morgan fingerprint density at radius 3 is 1.87 bits per heavy atom. The molecule has 0 aliphatic rings. The summed E-state index contributed by atoms with van der Waals surface area (Å²) < 4.78 is 2.10. The summed E-state index contributed by atoms with van der Waals surface area (Å²) in [5.41, 5.74) is 2.81. The van der Waals surface area contributed by atoms with Gasteiger partial charge in [-0.25, -0.2) is 0 Å². The van der Waals surface area contributed by atoms with Crippen LogP contribution in [0.15, 0.2) is 0 Å². The molecule has 0 saturated carbocycles. The molecule has 0 N–H and O–H groups in total. The predicted octanol–water partition coefficient (Wildman–Crippen LogP) is 2.39. The van der Waals surface area contributed by atoms with Crippen LogP contribution in [-0.4, -0.2) is 4.57 Å². The van der Waals surface area contributed by atoms with E-state index >= 15 is 0 Å². The molecule has 0 saturated heterocycles. The molecule has 1 heterocycles. The minimum absolute atomic E-state index is 1.07. The van der Waals surface area contributed by atoms with Crippen LogP contribution in [0.4, 0.5) is 0 Å². The highest BCUT2D eigenvalue weighted by molar-refractivity contribution is 5.31. The van der Waals surface area contributed by atoms with E-state index in [1.54, 1.807) is 0 Å². The third-order valence-electron chi connectivity index (χ3n) is 2.72. The predicted molar refractivity (Wildman–Crippen MR) is 70.4 cm³/mol. The van der Waals surface area contributed by atoms with Crippen molar-refractivity contribution in [2.24, 2.45) is 7.05 Å². The minimum Gasteiger partial charge on any atom is -0.345 e. The van der Waals surface area contributed by atoms with Crippen molar-refractivity contribution in [1.82, 2.24) is 4.57 Å². The summed E-state index contributed by atoms with van der Waals surface area (Å²) in [6.45, 7) is 16.6. The van der Waals surface area contributed by atoms with E-state index in [1.807, 2.05) is 20.9 Å². The molecule has 1 aromatic rings. The first-order valence-corrected chi connectivity index (χ1v) is 5.97. The first-order valence-electron chi connectivity index (χ1n) is 5.97. The average Bonchev–Trinajstić information content (AvgIpc) is 2.47. The van der Waals surface area contributed by atoms with E-state index in [-0.39, 0.29) is 0 Å². The van der Waals surface area contributed by atoms with Gasteiger partial charge in [-0.05, 0) is 24.0 Å². The van der Waals surface area contributed by atoms with Gasteiger partial charge in [-0.15, -0.1) is 0 Å². The Balaban J connectivity index is 0.000000921. The van der Waals surface area contributed by atoms with Gasteiger partial charge in [0, 0.05) is 17.7 Å². The van der Waals surface area contributed by atoms with Crippen LogP contribution in [0, 0.1) is 0 Å². The monoisotopic (exact) mass is 207 g/mol. The van der Waals surface area contributed by atoms with E-state index in [2.05, 4.69) is 31.6 Å². The third-order valence-corrected chi connectivity index (χ3v) is 2.72. The Morgan fingerprint density at radius 1 is 1.00 bits per heavy atom. The van der Waals surface area contributed by atoms with Crippen LogP contribution >= 0.6 is 0 Å². The highest BCUT2D eigenvalue weighted by Crippen LogP contribution is 2.03. The summed E-state index contributed by atoms with van der Waals surface area (Å²) in [7, 11) is 2.04. The fourth-order valence-corrected chi connectivity index (χ4v) is 1.88. The van der Waals surface area contributed by atoms with Crippen LogP contribution in [0.5, 0.6) is 0 Å². The molecule has 0 aromatic carbocycles. The molecule has 0 aliphatic carbocycles. The topological polar surface area (TPSA) is 4.93 Å². The van der Waals surface area contributed by atoms with Gasteiger partial charge in [-0.2, -0.15) is 0 Å². The van der Waals surface area contributed by atoms with Crippen LogP contribution < -0.4 is 10.7 Å². The lowest BCUT2D eigenvalue weighted by Gasteiger charge is -1.97. The lowest BCUT2D eigenvalue weighted by molar-refractivity contribution is 0.842. The van der Waals surface area contributed by atoms with Gasteiger partial charge in [0.15, 0.2) is 0 Å². The summed E-state index contributed by atoms with van der Waals surface area (Å²) in [6, 6.07) is 0. The molecule has 0 bridgehead atoms. The fraction of sp³-hybridized carbons (Fsp3) is 0.571. The molecule has 1 rings (SSSR count). The maximum Gasteiger partial charge on any atom is 0.0371 e. The molecule has 0 spiro atoms. The second-order valence-electron chi connectivity index (χ2n) is 3.51. The van der Waals surface area contributed by atoms with Gasteiger partial charge in [-0.3, -0.25) is 0 Å². The third kappa shape index (κ3) is 2.74. The zero-order valence-electron chi connectivity index (χ0n) is 11.0. The van der Waals surface area contributed by atoms with Crippen LogP contribution in [0.1, 0.15) is 45.2 Å². The molecular formula is C14H25N. The normalized spacial score (nSPS) is 9.67. The first-order chi connectivity index (χ1) is 7.13. The first kappa shape index (κ1) is 14.0. The number of hydrogen-bond acceptors (Lipinski definition) is 0. The van der Waals surface area contributed by atoms with E-state index in [0.29, 0.717) is 0 Å². The second-order valence-corrected chi connectivity index (χ2v) is 3.51. The summed E-state index contributed by atoms with van der Waals surface area (Å²) in [4.78, 5) is 0. The molecule has 0 amide bonds. The summed E-state index contributed by atoms with van der Waals surface area (Å²) in [6.07, 6.45) is 3.38. The molecule has 86 valence electrons. The van der Waals surface area contributed by atoms with Crippen molar-refractivity contribution in [2.75, 3.05) is 0 Å². The Kier molecular flexibility index (Phi) is 6.07. The molecule has 1 nitrogen and oxygen atoms in total. The highest BCUT2D eigenvalue weighted by atomic mass is 14.9. The number of rotatable bonds is 3. The molecule has 1 heteroatoms. The largest absolute Gasteiger partial charge is 0.345 e. The molecule has 1 aromatic heterocycles. The molecule has 0 fully saturated rings. The maximum absolute atomic E-state index is 4.09. The van der Waals surface area contributed by atoms with Crippen molar-refractivity contribution in [2.45, 2.75) is 47.0 Å². The fourth-order valence-electron chi connectivity index (χ4n) is 1.88. The van der Waals surface area contributed by atoms with Gasteiger partial charge in [0.25, 0.3) is 0 Å². The van der Waals surface area contributed by atoms with Gasteiger partial charge in [0.1, 0.15) is 0 Å². The van der Waals surface area contributed by atoms with Crippen molar-refractivity contribution in [3.05, 3.63) is 21.8 Å². The number of aromatic nitrogens is 1. The van der Waals surface area contributed by atoms with Gasteiger partial charge >= 0.3 is 0 Å². The highest BCUT2D eigenvalue weighted by Gasteiger charge is 2.06. The second kappa shape index (κ2) is 6.49.